The summed E-state index contributed by atoms with van der Waals surface area (Å²) in [5, 5.41) is 6.69. The fraction of sp³-hybridized carbons (Fsp3) is 0. The molecule has 61 heavy (non-hydrogen) atoms. The Labute approximate surface area is 353 Å². The smallest absolute Gasteiger partial charge is 0.143 e. The van der Waals surface area contributed by atoms with E-state index in [9.17, 15) is 0 Å². The predicted octanol–water partition coefficient (Wildman–Crippen LogP) is 16.8. The van der Waals surface area contributed by atoms with Gasteiger partial charge in [0.2, 0.25) is 0 Å². The quantitative estimate of drug-likeness (QED) is 0.161. The first-order chi connectivity index (χ1) is 30.2. The molecule has 3 heteroatoms. The summed E-state index contributed by atoms with van der Waals surface area (Å²) in [7, 11) is 0. The SMILES string of the molecule is c1ccc(-c2ccc(-c3ccc(N(c4ccc(-c5ccc6oc7ccccc7c6c5)cc4)c4cccc5oc6c7ccccc7ccc6c45)cc3)cc2-c2ccccc2)cc1. The average molecular weight is 780 g/mol. The monoisotopic (exact) mass is 779 g/mol. The second-order valence-electron chi connectivity index (χ2n) is 15.6. The highest BCUT2D eigenvalue weighted by molar-refractivity contribution is 6.19. The summed E-state index contributed by atoms with van der Waals surface area (Å²) in [4.78, 5) is 2.36. The van der Waals surface area contributed by atoms with Crippen LogP contribution in [-0.4, -0.2) is 0 Å². The molecule has 3 nitrogen and oxygen atoms in total. The predicted molar refractivity (Wildman–Crippen MR) is 255 cm³/mol. The highest BCUT2D eigenvalue weighted by atomic mass is 16.3. The minimum Gasteiger partial charge on any atom is -0.456 e. The highest BCUT2D eigenvalue weighted by Gasteiger charge is 2.21. The fourth-order valence-electron chi connectivity index (χ4n) is 9.11. The highest BCUT2D eigenvalue weighted by Crippen LogP contribution is 2.45. The van der Waals surface area contributed by atoms with E-state index in [2.05, 4.69) is 217 Å². The molecule has 0 bridgehead atoms. The number of rotatable bonds is 7. The van der Waals surface area contributed by atoms with Crippen molar-refractivity contribution in [3.8, 4) is 44.5 Å². The van der Waals surface area contributed by atoms with Crippen molar-refractivity contribution in [2.24, 2.45) is 0 Å². The summed E-state index contributed by atoms with van der Waals surface area (Å²) >= 11 is 0. The van der Waals surface area contributed by atoms with Crippen LogP contribution >= 0.6 is 0 Å². The molecule has 12 aromatic rings. The maximum Gasteiger partial charge on any atom is 0.143 e. The van der Waals surface area contributed by atoms with Crippen molar-refractivity contribution in [1.29, 1.82) is 0 Å². The van der Waals surface area contributed by atoms with Crippen molar-refractivity contribution in [2.75, 3.05) is 4.90 Å². The summed E-state index contributed by atoms with van der Waals surface area (Å²) in [6, 6.07) is 80.0. The molecule has 0 radical (unpaired) electrons. The third-order valence-corrected chi connectivity index (χ3v) is 12.1. The first-order valence-electron chi connectivity index (χ1n) is 20.7. The first-order valence-corrected chi connectivity index (χ1v) is 20.7. The molecule has 0 aliphatic rings. The van der Waals surface area contributed by atoms with Crippen LogP contribution in [0.2, 0.25) is 0 Å². The molecule has 0 unspecified atom stereocenters. The van der Waals surface area contributed by atoms with Gasteiger partial charge < -0.3 is 13.7 Å². The summed E-state index contributed by atoms with van der Waals surface area (Å²) in [5.41, 5.74) is 16.1. The lowest BCUT2D eigenvalue weighted by Gasteiger charge is -2.26. The van der Waals surface area contributed by atoms with Gasteiger partial charge in [-0.3, -0.25) is 0 Å². The number of benzene rings is 10. The molecule has 0 N–H and O–H groups in total. The van der Waals surface area contributed by atoms with Gasteiger partial charge in [-0.2, -0.15) is 0 Å². The molecular formula is C58H37NO2. The summed E-state index contributed by atoms with van der Waals surface area (Å²) in [6.07, 6.45) is 0. The average Bonchev–Trinajstić information content (AvgIpc) is 3.92. The molecular weight excluding hydrogens is 743 g/mol. The summed E-state index contributed by atoms with van der Waals surface area (Å²) in [5.74, 6) is 0. The Hall–Kier alpha value is -8.14. The van der Waals surface area contributed by atoms with Crippen LogP contribution in [0.15, 0.2) is 233 Å². The van der Waals surface area contributed by atoms with E-state index < -0.39 is 0 Å². The number of nitrogens with zero attached hydrogens (tertiary/aromatic N) is 1. The molecule has 0 atom stereocenters. The number of anilines is 3. The topological polar surface area (TPSA) is 29.5 Å². The molecule has 0 fully saturated rings. The van der Waals surface area contributed by atoms with Gasteiger partial charge in [0.1, 0.15) is 22.3 Å². The zero-order valence-electron chi connectivity index (χ0n) is 33.1. The van der Waals surface area contributed by atoms with E-state index in [4.69, 9.17) is 8.83 Å². The van der Waals surface area contributed by atoms with E-state index in [1.54, 1.807) is 0 Å². The Balaban J connectivity index is 0.990. The van der Waals surface area contributed by atoms with Crippen molar-refractivity contribution >= 4 is 71.7 Å². The molecule has 0 aliphatic heterocycles. The van der Waals surface area contributed by atoms with Crippen LogP contribution in [0.25, 0.3) is 99.2 Å². The van der Waals surface area contributed by atoms with Crippen molar-refractivity contribution in [2.45, 2.75) is 0 Å². The molecule has 12 rings (SSSR count). The Bertz CT molecular complexity index is 3560. The molecule has 0 amide bonds. The minimum absolute atomic E-state index is 0.856. The van der Waals surface area contributed by atoms with E-state index >= 15 is 0 Å². The molecule has 2 heterocycles. The first kappa shape index (κ1) is 34.9. The van der Waals surface area contributed by atoms with Gasteiger partial charge in [0, 0.05) is 32.9 Å². The zero-order chi connectivity index (χ0) is 40.3. The zero-order valence-corrected chi connectivity index (χ0v) is 33.1. The standard InChI is InChI=1S/C58H37NO2/c1-3-12-40(13-4-1)47-33-27-43(36-51(47)41-14-5-2-6-15-41)38-22-29-45(30-23-38)59(53-19-11-21-56-57(53)50-34-26-42-16-7-8-17-48(42)58(50)61-56)46-31-24-39(25-32-46)44-28-35-55-52(37-44)49-18-9-10-20-54(49)60-55/h1-37H. The van der Waals surface area contributed by atoms with E-state index in [0.29, 0.717) is 0 Å². The van der Waals surface area contributed by atoms with Gasteiger partial charge in [-0.25, -0.2) is 0 Å². The van der Waals surface area contributed by atoms with Crippen LogP contribution in [0.1, 0.15) is 0 Å². The van der Waals surface area contributed by atoms with Crippen LogP contribution in [-0.2, 0) is 0 Å². The number of hydrogen-bond acceptors (Lipinski definition) is 3. The second kappa shape index (κ2) is 14.3. The van der Waals surface area contributed by atoms with E-state index in [1.165, 1.54) is 22.3 Å². The van der Waals surface area contributed by atoms with Crippen molar-refractivity contribution in [1.82, 2.24) is 0 Å². The van der Waals surface area contributed by atoms with Crippen LogP contribution in [0.5, 0.6) is 0 Å². The fourth-order valence-corrected chi connectivity index (χ4v) is 9.11. The third kappa shape index (κ3) is 5.98. The molecule has 10 aromatic carbocycles. The van der Waals surface area contributed by atoms with E-state index in [-0.39, 0.29) is 0 Å². The van der Waals surface area contributed by atoms with E-state index in [1.807, 2.05) is 12.1 Å². The molecule has 0 spiro atoms. The lowest BCUT2D eigenvalue weighted by molar-refractivity contribution is 0.669. The maximum atomic E-state index is 6.70. The van der Waals surface area contributed by atoms with E-state index in [0.717, 1.165) is 94.0 Å². The molecule has 0 saturated carbocycles. The Morgan fingerprint density at radius 2 is 0.869 bits per heavy atom. The molecule has 286 valence electrons. The van der Waals surface area contributed by atoms with Crippen molar-refractivity contribution in [3.63, 3.8) is 0 Å². The molecule has 0 saturated heterocycles. The third-order valence-electron chi connectivity index (χ3n) is 12.1. The van der Waals surface area contributed by atoms with Gasteiger partial charge in [0.05, 0.1) is 11.1 Å². The van der Waals surface area contributed by atoms with Crippen LogP contribution in [0.4, 0.5) is 17.1 Å². The number of fused-ring (bicyclic) bond motifs is 8. The van der Waals surface area contributed by atoms with Crippen LogP contribution in [0, 0.1) is 0 Å². The Kier molecular flexibility index (Phi) is 8.17. The van der Waals surface area contributed by atoms with Gasteiger partial charge in [0.25, 0.3) is 0 Å². The Morgan fingerprint density at radius 1 is 0.295 bits per heavy atom. The summed E-state index contributed by atoms with van der Waals surface area (Å²) < 4.78 is 12.8. The van der Waals surface area contributed by atoms with Crippen molar-refractivity contribution < 1.29 is 8.83 Å². The van der Waals surface area contributed by atoms with Gasteiger partial charge in [-0.05, 0) is 117 Å². The second-order valence-corrected chi connectivity index (χ2v) is 15.6. The van der Waals surface area contributed by atoms with Gasteiger partial charge in [0.15, 0.2) is 0 Å². The van der Waals surface area contributed by atoms with Gasteiger partial charge >= 0.3 is 0 Å². The molecule has 0 aliphatic carbocycles. The van der Waals surface area contributed by atoms with Gasteiger partial charge in [-0.15, -0.1) is 0 Å². The molecule has 2 aromatic heterocycles. The van der Waals surface area contributed by atoms with Gasteiger partial charge in [-0.1, -0.05) is 158 Å². The normalized spacial score (nSPS) is 11.6. The number of hydrogen-bond donors (Lipinski definition) is 0. The number of furan rings is 2. The summed E-state index contributed by atoms with van der Waals surface area (Å²) in [6.45, 7) is 0. The lowest BCUT2D eigenvalue weighted by atomic mass is 9.91. The van der Waals surface area contributed by atoms with Crippen LogP contribution in [0.3, 0.4) is 0 Å². The van der Waals surface area contributed by atoms with Crippen molar-refractivity contribution in [3.05, 3.63) is 224 Å². The minimum atomic E-state index is 0.856. The largest absolute Gasteiger partial charge is 0.456 e. The number of para-hydroxylation sites is 1. The Morgan fingerprint density at radius 3 is 1.61 bits per heavy atom. The lowest BCUT2D eigenvalue weighted by Crippen LogP contribution is -2.10. The maximum absolute atomic E-state index is 6.70. The van der Waals surface area contributed by atoms with Crippen LogP contribution < -0.4 is 4.90 Å².